The average molecular weight is 484 g/mol. The third-order valence-corrected chi connectivity index (χ3v) is 3.88. The second-order valence-corrected chi connectivity index (χ2v) is 4.95. The lowest BCUT2D eigenvalue weighted by molar-refractivity contribution is -0.176. The molecule has 0 aromatic heterocycles. The first kappa shape index (κ1) is 21.6. The Balaban J connectivity index is 6.73. The summed E-state index contributed by atoms with van der Waals surface area (Å²) in [5.74, 6) is 0. The fourth-order valence-corrected chi connectivity index (χ4v) is 2.33. The zero-order valence-electron chi connectivity index (χ0n) is 9.29. The molecule has 0 spiro atoms. The van der Waals surface area contributed by atoms with Gasteiger partial charge in [0.1, 0.15) is 0 Å². The molecule has 0 N–H and O–H groups in total. The van der Waals surface area contributed by atoms with Crippen molar-refractivity contribution in [1.82, 2.24) is 0 Å². The third-order valence-electron chi connectivity index (χ3n) is 1.77. The Morgan fingerprint density at radius 1 is 0.409 bits per heavy atom. The molecule has 0 nitrogen and oxygen atoms in total. The lowest BCUT2D eigenvalue weighted by Gasteiger charge is -2.20. The first-order valence-electron chi connectivity index (χ1n) is 4.40. The topological polar surface area (TPSA) is 0 Å². The van der Waals surface area contributed by atoms with Crippen LogP contribution in [-0.4, -0.2) is 24.7 Å². The molecule has 0 aromatic rings. The van der Waals surface area contributed by atoms with Gasteiger partial charge < -0.3 is 0 Å². The number of hydrogen-bond acceptors (Lipinski definition) is 0. The molecular weight excluding hydrogens is 484 g/mol. The van der Waals surface area contributed by atoms with Crippen molar-refractivity contribution in [2.45, 2.75) is 24.7 Å². The van der Waals surface area contributed by atoms with Gasteiger partial charge in [0.05, 0.1) is 0 Å². The van der Waals surface area contributed by atoms with Gasteiger partial charge in [0, 0.05) is 8.96 Å². The Labute approximate surface area is 130 Å². The molecule has 0 fully saturated rings. The van der Waals surface area contributed by atoms with Gasteiger partial charge in [-0.25, -0.2) is 0 Å². The Kier molecular flexibility index (Phi) is 6.13. The fraction of sp³-hybridized carbons (Fsp3) is 0.500. The van der Waals surface area contributed by atoms with Crippen LogP contribution in [0.15, 0.2) is 20.1 Å². The molecule has 22 heavy (non-hydrogen) atoms. The van der Waals surface area contributed by atoms with Crippen LogP contribution in [0, 0.1) is 0 Å². The first-order valence-corrected chi connectivity index (χ1v) is 5.98. The highest BCUT2D eigenvalue weighted by atomic mass is 79.9. The van der Waals surface area contributed by atoms with Crippen molar-refractivity contribution in [1.29, 1.82) is 0 Å². The van der Waals surface area contributed by atoms with Gasteiger partial charge in [-0.1, -0.05) is 0 Å². The van der Waals surface area contributed by atoms with Crippen LogP contribution in [0.25, 0.3) is 0 Å². The van der Waals surface area contributed by atoms with Crippen molar-refractivity contribution >= 4 is 31.9 Å². The normalized spacial score (nSPS) is 13.9. The maximum Gasteiger partial charge on any atom is 0.422 e. The van der Waals surface area contributed by atoms with E-state index in [9.17, 15) is 52.7 Å². The summed E-state index contributed by atoms with van der Waals surface area (Å²) in [6, 6.07) is 0. The molecule has 0 unspecified atom stereocenters. The van der Waals surface area contributed by atoms with Crippen LogP contribution in [0.3, 0.4) is 0 Å². The van der Waals surface area contributed by atoms with Crippen LogP contribution in [-0.2, 0) is 0 Å². The second-order valence-electron chi connectivity index (χ2n) is 3.37. The fourth-order valence-electron chi connectivity index (χ4n) is 1.04. The van der Waals surface area contributed by atoms with Gasteiger partial charge >= 0.3 is 24.7 Å². The molecule has 0 heterocycles. The van der Waals surface area contributed by atoms with Gasteiger partial charge in [0.15, 0.2) is 11.1 Å². The lowest BCUT2D eigenvalue weighted by Crippen LogP contribution is -2.30. The van der Waals surface area contributed by atoms with Crippen molar-refractivity contribution < 1.29 is 52.7 Å². The summed E-state index contributed by atoms with van der Waals surface area (Å²) in [5.41, 5.74) is -7.12. The summed E-state index contributed by atoms with van der Waals surface area (Å²) in [4.78, 5) is 0. The Hall–Kier alpha value is -0.400. The molecule has 130 valence electrons. The zero-order valence-corrected chi connectivity index (χ0v) is 12.5. The lowest BCUT2D eigenvalue weighted by atomic mass is 10.1. The summed E-state index contributed by atoms with van der Waals surface area (Å²) in [6.45, 7) is 0. The van der Waals surface area contributed by atoms with Crippen molar-refractivity contribution in [3.05, 3.63) is 20.1 Å². The minimum atomic E-state index is -6.25. The highest BCUT2D eigenvalue weighted by Gasteiger charge is 2.56. The molecule has 0 radical (unpaired) electrons. The van der Waals surface area contributed by atoms with Crippen molar-refractivity contribution in [3.63, 3.8) is 0 Å². The minimum absolute atomic E-state index is 1.50. The maximum atomic E-state index is 12.3. The van der Waals surface area contributed by atoms with E-state index in [1.165, 1.54) is 31.9 Å². The first-order chi connectivity index (χ1) is 9.31. The van der Waals surface area contributed by atoms with Crippen molar-refractivity contribution in [2.24, 2.45) is 0 Å². The highest BCUT2D eigenvalue weighted by Crippen LogP contribution is 2.50. The van der Waals surface area contributed by atoms with Crippen molar-refractivity contribution in [3.8, 4) is 0 Å². The van der Waals surface area contributed by atoms with Crippen LogP contribution in [0.4, 0.5) is 52.7 Å². The molecule has 0 saturated heterocycles. The number of halogens is 14. The number of alkyl halides is 12. The van der Waals surface area contributed by atoms with Gasteiger partial charge in [-0.3, -0.25) is 0 Å². The Morgan fingerprint density at radius 2 is 0.545 bits per heavy atom. The predicted octanol–water partition coefficient (Wildman–Crippen LogP) is 6.53. The van der Waals surface area contributed by atoms with E-state index >= 15 is 0 Å². The van der Waals surface area contributed by atoms with Gasteiger partial charge in [0.2, 0.25) is 0 Å². The SMILES string of the molecule is FC(F)(F)C(=C(Br)C(Br)=C(C(F)(F)F)C(F)(F)F)C(F)(F)F. The van der Waals surface area contributed by atoms with Crippen LogP contribution >= 0.6 is 31.9 Å². The smallest absolute Gasteiger partial charge is 0.166 e. The summed E-state index contributed by atoms with van der Waals surface area (Å²) < 4.78 is 142. The Morgan fingerprint density at radius 3 is 0.636 bits per heavy atom. The van der Waals surface area contributed by atoms with E-state index in [2.05, 4.69) is 0 Å². The number of allylic oxidation sites excluding steroid dienone is 4. The second kappa shape index (κ2) is 6.24. The van der Waals surface area contributed by atoms with E-state index < -0.39 is 44.8 Å². The Bertz CT molecular complexity index is 405. The number of hydrogen-bond donors (Lipinski definition) is 0. The quantitative estimate of drug-likeness (QED) is 0.294. The molecular formula is C8Br2F12. The standard InChI is InChI=1S/C8Br2F12/c9-1(3(5(11,12)13)6(14,15)16)2(10)4(7(17,18)19)8(20,21)22. The van der Waals surface area contributed by atoms with E-state index in [1.54, 1.807) is 0 Å². The van der Waals surface area contributed by atoms with Gasteiger partial charge in [-0.05, 0) is 31.9 Å². The summed E-state index contributed by atoms with van der Waals surface area (Å²) >= 11 is 3.00. The third kappa shape index (κ3) is 5.35. The van der Waals surface area contributed by atoms with Crippen LogP contribution in [0.5, 0.6) is 0 Å². The van der Waals surface area contributed by atoms with E-state index in [0.717, 1.165) is 0 Å². The molecule has 0 amide bonds. The minimum Gasteiger partial charge on any atom is -0.166 e. The van der Waals surface area contributed by atoms with Gasteiger partial charge in [-0.15, -0.1) is 0 Å². The van der Waals surface area contributed by atoms with Crippen LogP contribution in [0.2, 0.25) is 0 Å². The maximum absolute atomic E-state index is 12.3. The van der Waals surface area contributed by atoms with Crippen LogP contribution in [0.1, 0.15) is 0 Å². The van der Waals surface area contributed by atoms with Gasteiger partial charge in [-0.2, -0.15) is 52.7 Å². The summed E-state index contributed by atoms with van der Waals surface area (Å²) in [6.07, 6.45) is -25.0. The van der Waals surface area contributed by atoms with E-state index in [4.69, 9.17) is 0 Å². The van der Waals surface area contributed by atoms with Crippen molar-refractivity contribution in [2.75, 3.05) is 0 Å². The summed E-state index contributed by atoms with van der Waals surface area (Å²) in [5, 5.41) is 0. The van der Waals surface area contributed by atoms with Crippen LogP contribution < -0.4 is 0 Å². The van der Waals surface area contributed by atoms with Gasteiger partial charge in [0.25, 0.3) is 0 Å². The molecule has 0 rings (SSSR count). The molecule has 0 aromatic carbocycles. The molecule has 0 aliphatic heterocycles. The van der Waals surface area contributed by atoms with E-state index in [-0.39, 0.29) is 0 Å². The monoisotopic (exact) mass is 482 g/mol. The predicted molar refractivity (Wildman–Crippen MR) is 56.1 cm³/mol. The molecule has 14 heteroatoms. The molecule has 0 atom stereocenters. The number of rotatable bonds is 1. The molecule has 0 aliphatic rings. The highest BCUT2D eigenvalue weighted by molar-refractivity contribution is 9.15. The summed E-state index contributed by atoms with van der Waals surface area (Å²) in [7, 11) is 0. The molecule has 0 bridgehead atoms. The molecule has 0 aliphatic carbocycles. The zero-order chi connectivity index (χ0) is 18.3. The average Bonchev–Trinajstić information content (AvgIpc) is 2.06. The van der Waals surface area contributed by atoms with E-state index in [1.807, 2.05) is 0 Å². The largest absolute Gasteiger partial charge is 0.422 e. The molecule has 0 saturated carbocycles. The van der Waals surface area contributed by atoms with E-state index in [0.29, 0.717) is 0 Å².